The van der Waals surface area contributed by atoms with Crippen LogP contribution in [0.2, 0.25) is 0 Å². The summed E-state index contributed by atoms with van der Waals surface area (Å²) >= 11 is 3.36. The number of aromatic nitrogens is 1. The summed E-state index contributed by atoms with van der Waals surface area (Å²) in [5.74, 6) is -0.310. The average Bonchev–Trinajstić information content (AvgIpc) is 2.54. The first-order chi connectivity index (χ1) is 7.24. The Hall–Kier alpha value is -1.29. The molecule has 0 aliphatic rings. The van der Waals surface area contributed by atoms with Gasteiger partial charge in [-0.15, -0.1) is 0 Å². The van der Waals surface area contributed by atoms with E-state index in [0.29, 0.717) is 12.3 Å². The van der Waals surface area contributed by atoms with Crippen molar-refractivity contribution in [3.63, 3.8) is 0 Å². The topological polar surface area (TPSA) is 30.7 Å². The van der Waals surface area contributed by atoms with E-state index < -0.39 is 0 Å². The van der Waals surface area contributed by atoms with Gasteiger partial charge in [0.05, 0.1) is 11.1 Å². The van der Waals surface area contributed by atoms with Crippen molar-refractivity contribution in [2.75, 3.05) is 6.61 Å². The van der Waals surface area contributed by atoms with Crippen molar-refractivity contribution < 1.29 is 9.53 Å². The lowest BCUT2D eigenvalue weighted by Crippen LogP contribution is -2.08. The van der Waals surface area contributed by atoms with Crippen molar-refractivity contribution in [1.29, 1.82) is 0 Å². The minimum atomic E-state index is -0.310. The highest BCUT2D eigenvalue weighted by atomic mass is 79.9. The largest absolute Gasteiger partial charge is 0.461 e. The van der Waals surface area contributed by atoms with Gasteiger partial charge in [0.2, 0.25) is 0 Å². The number of hydrogen-bond acceptors (Lipinski definition) is 2. The van der Waals surface area contributed by atoms with Crippen molar-refractivity contribution in [2.45, 2.75) is 6.92 Å². The van der Waals surface area contributed by atoms with Crippen LogP contribution in [0.5, 0.6) is 0 Å². The molecule has 0 unspecified atom stereocenters. The molecular weight excluding hydrogens is 258 g/mol. The Morgan fingerprint density at radius 3 is 3.07 bits per heavy atom. The van der Waals surface area contributed by atoms with Crippen LogP contribution >= 0.6 is 15.9 Å². The Morgan fingerprint density at radius 1 is 1.53 bits per heavy atom. The van der Waals surface area contributed by atoms with Crippen LogP contribution in [-0.4, -0.2) is 17.0 Å². The standard InChI is InChI=1S/C11H10BrNO2/c1-2-15-11(14)10-9(12)7-8-5-3-4-6-13(8)10/h3-7H,2H2,1H3. The minimum Gasteiger partial charge on any atom is -0.461 e. The molecule has 0 aliphatic heterocycles. The van der Waals surface area contributed by atoms with Gasteiger partial charge in [-0.05, 0) is 41.1 Å². The molecule has 0 atom stereocenters. The molecule has 4 heteroatoms. The molecule has 0 N–H and O–H groups in total. The summed E-state index contributed by atoms with van der Waals surface area (Å²) in [7, 11) is 0. The predicted octanol–water partition coefficient (Wildman–Crippen LogP) is 2.88. The molecule has 0 saturated carbocycles. The molecule has 0 fully saturated rings. The number of carbonyl (C=O) groups is 1. The first-order valence-electron chi connectivity index (χ1n) is 4.66. The molecule has 0 aromatic carbocycles. The van der Waals surface area contributed by atoms with Gasteiger partial charge in [-0.1, -0.05) is 6.07 Å². The van der Waals surface area contributed by atoms with E-state index in [4.69, 9.17) is 4.74 Å². The van der Waals surface area contributed by atoms with Crippen LogP contribution in [0.15, 0.2) is 34.9 Å². The maximum atomic E-state index is 11.7. The van der Waals surface area contributed by atoms with E-state index in [2.05, 4.69) is 15.9 Å². The lowest BCUT2D eigenvalue weighted by Gasteiger charge is -2.02. The number of nitrogens with zero attached hydrogens (tertiary/aromatic N) is 1. The maximum Gasteiger partial charge on any atom is 0.356 e. The van der Waals surface area contributed by atoms with Crippen LogP contribution in [0.4, 0.5) is 0 Å². The Kier molecular flexibility index (Phi) is 2.77. The van der Waals surface area contributed by atoms with Gasteiger partial charge in [0.1, 0.15) is 5.69 Å². The number of hydrogen-bond donors (Lipinski definition) is 0. The summed E-state index contributed by atoms with van der Waals surface area (Å²) in [6, 6.07) is 7.64. The van der Waals surface area contributed by atoms with Gasteiger partial charge in [-0.2, -0.15) is 0 Å². The first kappa shape index (κ1) is 10.2. The normalized spacial score (nSPS) is 10.5. The van der Waals surface area contributed by atoms with Crippen LogP contribution in [0.3, 0.4) is 0 Å². The number of halogens is 1. The Labute approximate surface area is 95.8 Å². The third kappa shape index (κ3) is 1.77. The fourth-order valence-corrected chi connectivity index (χ4v) is 2.07. The quantitative estimate of drug-likeness (QED) is 0.784. The molecule has 0 amide bonds. The average molecular weight is 268 g/mol. The molecule has 0 aliphatic carbocycles. The van der Waals surface area contributed by atoms with Crippen molar-refractivity contribution in [3.05, 3.63) is 40.6 Å². The molecule has 0 saturated heterocycles. The van der Waals surface area contributed by atoms with Gasteiger partial charge in [0.15, 0.2) is 0 Å². The SMILES string of the molecule is CCOC(=O)c1c(Br)cc2ccccn12. The highest BCUT2D eigenvalue weighted by molar-refractivity contribution is 9.10. The second kappa shape index (κ2) is 4.06. The molecule has 0 radical (unpaired) electrons. The maximum absolute atomic E-state index is 11.7. The summed E-state index contributed by atoms with van der Waals surface area (Å²) in [6.07, 6.45) is 1.84. The molecule has 2 aromatic heterocycles. The van der Waals surface area contributed by atoms with E-state index in [-0.39, 0.29) is 5.97 Å². The first-order valence-corrected chi connectivity index (χ1v) is 5.46. The summed E-state index contributed by atoms with van der Waals surface area (Å²) < 4.78 is 7.55. The van der Waals surface area contributed by atoms with E-state index in [0.717, 1.165) is 9.99 Å². The summed E-state index contributed by atoms with van der Waals surface area (Å²) in [5.41, 5.74) is 1.50. The van der Waals surface area contributed by atoms with Crippen LogP contribution in [-0.2, 0) is 4.74 Å². The number of esters is 1. The van der Waals surface area contributed by atoms with Gasteiger partial charge in [0, 0.05) is 11.7 Å². The smallest absolute Gasteiger partial charge is 0.356 e. The second-order valence-corrected chi connectivity index (χ2v) is 3.91. The van der Waals surface area contributed by atoms with E-state index in [1.807, 2.05) is 34.9 Å². The zero-order chi connectivity index (χ0) is 10.8. The molecule has 2 heterocycles. The van der Waals surface area contributed by atoms with Crippen LogP contribution in [0.25, 0.3) is 5.52 Å². The zero-order valence-electron chi connectivity index (χ0n) is 8.24. The molecule has 2 aromatic rings. The van der Waals surface area contributed by atoms with Crippen LogP contribution < -0.4 is 0 Å². The lowest BCUT2D eigenvalue weighted by atomic mass is 10.4. The fourth-order valence-electron chi connectivity index (χ4n) is 1.49. The second-order valence-electron chi connectivity index (χ2n) is 3.06. The molecule has 78 valence electrons. The molecular formula is C11H10BrNO2. The lowest BCUT2D eigenvalue weighted by molar-refractivity contribution is 0.0517. The third-order valence-corrected chi connectivity index (χ3v) is 2.71. The Morgan fingerprint density at radius 2 is 2.33 bits per heavy atom. The number of carbonyl (C=O) groups excluding carboxylic acids is 1. The van der Waals surface area contributed by atoms with Gasteiger partial charge in [0.25, 0.3) is 0 Å². The summed E-state index contributed by atoms with van der Waals surface area (Å²) in [6.45, 7) is 2.17. The van der Waals surface area contributed by atoms with Crippen molar-refractivity contribution in [1.82, 2.24) is 4.40 Å². The minimum absolute atomic E-state index is 0.310. The van der Waals surface area contributed by atoms with Crippen molar-refractivity contribution in [2.24, 2.45) is 0 Å². The fraction of sp³-hybridized carbons (Fsp3) is 0.182. The predicted molar refractivity (Wildman–Crippen MR) is 61.1 cm³/mol. The summed E-state index contributed by atoms with van der Waals surface area (Å²) in [5, 5.41) is 0. The molecule has 2 rings (SSSR count). The van der Waals surface area contributed by atoms with Gasteiger partial charge >= 0.3 is 5.97 Å². The van der Waals surface area contributed by atoms with E-state index in [1.54, 1.807) is 6.92 Å². The van der Waals surface area contributed by atoms with Gasteiger partial charge in [-0.3, -0.25) is 0 Å². The van der Waals surface area contributed by atoms with Crippen molar-refractivity contribution >= 4 is 27.4 Å². The van der Waals surface area contributed by atoms with E-state index >= 15 is 0 Å². The zero-order valence-corrected chi connectivity index (χ0v) is 9.82. The molecule has 15 heavy (non-hydrogen) atoms. The Bertz CT molecular complexity index is 504. The molecule has 0 spiro atoms. The van der Waals surface area contributed by atoms with E-state index in [1.165, 1.54) is 0 Å². The van der Waals surface area contributed by atoms with E-state index in [9.17, 15) is 4.79 Å². The third-order valence-electron chi connectivity index (χ3n) is 2.10. The summed E-state index contributed by atoms with van der Waals surface area (Å²) in [4.78, 5) is 11.7. The van der Waals surface area contributed by atoms with Gasteiger partial charge < -0.3 is 9.14 Å². The van der Waals surface area contributed by atoms with Crippen LogP contribution in [0.1, 0.15) is 17.4 Å². The number of rotatable bonds is 2. The Balaban J connectivity index is 2.58. The molecule has 0 bridgehead atoms. The monoisotopic (exact) mass is 267 g/mol. The highest BCUT2D eigenvalue weighted by Gasteiger charge is 2.16. The van der Waals surface area contributed by atoms with Crippen molar-refractivity contribution in [3.8, 4) is 0 Å². The highest BCUT2D eigenvalue weighted by Crippen LogP contribution is 2.22. The number of ether oxygens (including phenoxy) is 1. The van der Waals surface area contributed by atoms with Crippen LogP contribution in [0, 0.1) is 0 Å². The number of fused-ring (bicyclic) bond motifs is 1. The molecule has 3 nitrogen and oxygen atoms in total. The van der Waals surface area contributed by atoms with Gasteiger partial charge in [-0.25, -0.2) is 4.79 Å². The number of pyridine rings is 1.